The van der Waals surface area contributed by atoms with Gasteiger partial charge in [0.1, 0.15) is 0 Å². The molecule has 1 saturated heterocycles. The lowest BCUT2D eigenvalue weighted by Crippen LogP contribution is -2.49. The zero-order valence-corrected chi connectivity index (χ0v) is 15.5. The van der Waals surface area contributed by atoms with E-state index in [1.807, 2.05) is 30.9 Å². The summed E-state index contributed by atoms with van der Waals surface area (Å²) in [6, 6.07) is 3.76. The fourth-order valence-corrected chi connectivity index (χ4v) is 3.10. The van der Waals surface area contributed by atoms with Crippen molar-refractivity contribution >= 4 is 5.91 Å². The van der Waals surface area contributed by atoms with Crippen LogP contribution in [0.5, 0.6) is 0 Å². The number of amides is 1. The Morgan fingerprint density at radius 3 is 2.58 bits per heavy atom. The van der Waals surface area contributed by atoms with Crippen LogP contribution in [0.15, 0.2) is 29.0 Å². The molecule has 1 aliphatic rings. The molecule has 0 bridgehead atoms. The average Bonchev–Trinajstić information content (AvgIpc) is 3.14. The standard InChI is InChI=1S/C18H26N6O2/c1-3-24(4-2)17(25)14-23-10-8-22(9-11-23)13-16-20-18(21-26-16)15-6-5-7-19-12-15/h5-7,12H,3-4,8-11,13-14H2,1-2H3. The molecule has 8 nitrogen and oxygen atoms in total. The van der Waals surface area contributed by atoms with E-state index in [9.17, 15) is 4.79 Å². The summed E-state index contributed by atoms with van der Waals surface area (Å²) in [5.41, 5.74) is 0.849. The highest BCUT2D eigenvalue weighted by molar-refractivity contribution is 5.78. The van der Waals surface area contributed by atoms with Gasteiger partial charge in [0.2, 0.25) is 17.6 Å². The van der Waals surface area contributed by atoms with E-state index < -0.39 is 0 Å². The number of likely N-dealkylation sites (N-methyl/N-ethyl adjacent to an activating group) is 1. The van der Waals surface area contributed by atoms with Crippen molar-refractivity contribution in [2.24, 2.45) is 0 Å². The molecule has 0 unspecified atom stereocenters. The summed E-state index contributed by atoms with van der Waals surface area (Å²) in [5, 5.41) is 4.03. The maximum absolute atomic E-state index is 12.2. The molecule has 0 N–H and O–H groups in total. The largest absolute Gasteiger partial charge is 0.342 e. The lowest BCUT2D eigenvalue weighted by molar-refractivity contribution is -0.132. The second-order valence-electron chi connectivity index (χ2n) is 6.37. The van der Waals surface area contributed by atoms with Gasteiger partial charge in [0.15, 0.2) is 0 Å². The lowest BCUT2D eigenvalue weighted by atomic mass is 10.3. The van der Waals surface area contributed by atoms with Gasteiger partial charge in [-0.05, 0) is 26.0 Å². The molecule has 1 fully saturated rings. The van der Waals surface area contributed by atoms with Crippen LogP contribution in [-0.4, -0.2) is 81.5 Å². The Balaban J connectivity index is 1.47. The fourth-order valence-electron chi connectivity index (χ4n) is 3.10. The third-order valence-corrected chi connectivity index (χ3v) is 4.69. The number of nitrogens with zero attached hydrogens (tertiary/aromatic N) is 6. The number of hydrogen-bond donors (Lipinski definition) is 0. The SMILES string of the molecule is CCN(CC)C(=O)CN1CCN(Cc2nc(-c3cccnc3)no2)CC1. The zero-order chi connectivity index (χ0) is 18.4. The smallest absolute Gasteiger partial charge is 0.241 e. The molecule has 1 aliphatic heterocycles. The van der Waals surface area contributed by atoms with Crippen molar-refractivity contribution in [3.8, 4) is 11.4 Å². The average molecular weight is 358 g/mol. The van der Waals surface area contributed by atoms with Crippen molar-refractivity contribution in [3.63, 3.8) is 0 Å². The van der Waals surface area contributed by atoms with Gasteiger partial charge in [0.25, 0.3) is 0 Å². The molecule has 0 atom stereocenters. The summed E-state index contributed by atoms with van der Waals surface area (Å²) in [6.45, 7) is 10.2. The fraction of sp³-hybridized carbons (Fsp3) is 0.556. The van der Waals surface area contributed by atoms with Crippen molar-refractivity contribution in [2.75, 3.05) is 45.8 Å². The van der Waals surface area contributed by atoms with Gasteiger partial charge in [0, 0.05) is 57.2 Å². The van der Waals surface area contributed by atoms with Gasteiger partial charge in [-0.2, -0.15) is 4.98 Å². The summed E-state index contributed by atoms with van der Waals surface area (Å²) in [4.78, 5) is 27.1. The van der Waals surface area contributed by atoms with Crippen molar-refractivity contribution in [3.05, 3.63) is 30.4 Å². The Hall–Kier alpha value is -2.32. The summed E-state index contributed by atoms with van der Waals surface area (Å²) in [5.74, 6) is 1.38. The number of piperazine rings is 1. The maximum atomic E-state index is 12.2. The van der Waals surface area contributed by atoms with E-state index in [0.29, 0.717) is 24.8 Å². The Kier molecular flexibility index (Phi) is 6.30. The van der Waals surface area contributed by atoms with Gasteiger partial charge in [-0.1, -0.05) is 5.16 Å². The van der Waals surface area contributed by atoms with Crippen LogP contribution in [0.4, 0.5) is 0 Å². The van der Waals surface area contributed by atoms with Gasteiger partial charge < -0.3 is 9.42 Å². The molecular formula is C18H26N6O2. The van der Waals surface area contributed by atoms with Gasteiger partial charge in [0.05, 0.1) is 13.1 Å². The molecule has 2 aromatic rings. The molecule has 140 valence electrons. The predicted molar refractivity (Wildman–Crippen MR) is 97.2 cm³/mol. The second-order valence-corrected chi connectivity index (χ2v) is 6.37. The van der Waals surface area contributed by atoms with Crippen LogP contribution in [-0.2, 0) is 11.3 Å². The monoisotopic (exact) mass is 358 g/mol. The van der Waals surface area contributed by atoms with Crippen molar-refractivity contribution in [1.29, 1.82) is 0 Å². The molecule has 3 heterocycles. The van der Waals surface area contributed by atoms with Crippen LogP contribution in [0.3, 0.4) is 0 Å². The molecule has 2 aromatic heterocycles. The molecule has 0 aromatic carbocycles. The van der Waals surface area contributed by atoms with Crippen molar-refractivity contribution in [2.45, 2.75) is 20.4 Å². The van der Waals surface area contributed by atoms with Crippen LogP contribution < -0.4 is 0 Å². The summed E-state index contributed by atoms with van der Waals surface area (Å²) in [6.07, 6.45) is 3.44. The number of pyridine rings is 1. The quantitative estimate of drug-likeness (QED) is 0.734. The Morgan fingerprint density at radius 1 is 1.19 bits per heavy atom. The Morgan fingerprint density at radius 2 is 1.92 bits per heavy atom. The van der Waals surface area contributed by atoms with Crippen LogP contribution in [0.1, 0.15) is 19.7 Å². The Labute approximate surface area is 153 Å². The van der Waals surface area contributed by atoms with E-state index in [1.165, 1.54) is 0 Å². The van der Waals surface area contributed by atoms with E-state index in [4.69, 9.17) is 4.52 Å². The highest BCUT2D eigenvalue weighted by Crippen LogP contribution is 2.15. The van der Waals surface area contributed by atoms with Crippen LogP contribution in [0, 0.1) is 0 Å². The third-order valence-electron chi connectivity index (χ3n) is 4.69. The summed E-state index contributed by atoms with van der Waals surface area (Å²) in [7, 11) is 0. The van der Waals surface area contributed by atoms with Gasteiger partial charge in [-0.3, -0.25) is 19.6 Å². The van der Waals surface area contributed by atoms with Crippen LogP contribution in [0.2, 0.25) is 0 Å². The van der Waals surface area contributed by atoms with Crippen LogP contribution in [0.25, 0.3) is 11.4 Å². The topological polar surface area (TPSA) is 78.6 Å². The highest BCUT2D eigenvalue weighted by atomic mass is 16.5. The second kappa shape index (κ2) is 8.86. The summed E-state index contributed by atoms with van der Waals surface area (Å²) < 4.78 is 5.37. The number of carbonyl (C=O) groups excluding carboxylic acids is 1. The first-order valence-corrected chi connectivity index (χ1v) is 9.15. The molecular weight excluding hydrogens is 332 g/mol. The normalized spacial score (nSPS) is 15.9. The zero-order valence-electron chi connectivity index (χ0n) is 15.5. The molecule has 3 rings (SSSR count). The van der Waals surface area contributed by atoms with Crippen LogP contribution >= 0.6 is 0 Å². The number of hydrogen-bond acceptors (Lipinski definition) is 7. The molecule has 0 saturated carbocycles. The van der Waals surface area contributed by atoms with E-state index in [-0.39, 0.29) is 5.91 Å². The number of carbonyl (C=O) groups is 1. The first kappa shape index (κ1) is 18.5. The minimum Gasteiger partial charge on any atom is -0.342 e. The first-order valence-electron chi connectivity index (χ1n) is 9.15. The van der Waals surface area contributed by atoms with Crippen molar-refractivity contribution in [1.82, 2.24) is 29.8 Å². The number of rotatable bonds is 7. The van der Waals surface area contributed by atoms with Gasteiger partial charge >= 0.3 is 0 Å². The summed E-state index contributed by atoms with van der Waals surface area (Å²) >= 11 is 0. The van der Waals surface area contributed by atoms with Gasteiger partial charge in [-0.25, -0.2) is 0 Å². The van der Waals surface area contributed by atoms with Crippen molar-refractivity contribution < 1.29 is 9.32 Å². The minimum atomic E-state index is 0.210. The first-order chi connectivity index (χ1) is 12.7. The minimum absolute atomic E-state index is 0.210. The van der Waals surface area contributed by atoms with E-state index >= 15 is 0 Å². The molecule has 0 spiro atoms. The van der Waals surface area contributed by atoms with Gasteiger partial charge in [-0.15, -0.1) is 0 Å². The number of aromatic nitrogens is 3. The predicted octanol–water partition coefficient (Wildman–Crippen LogP) is 1.12. The molecule has 8 heteroatoms. The molecule has 0 aliphatic carbocycles. The maximum Gasteiger partial charge on any atom is 0.241 e. The third kappa shape index (κ3) is 4.64. The van der Waals surface area contributed by atoms with E-state index in [0.717, 1.165) is 44.8 Å². The lowest BCUT2D eigenvalue weighted by Gasteiger charge is -2.34. The highest BCUT2D eigenvalue weighted by Gasteiger charge is 2.22. The molecule has 26 heavy (non-hydrogen) atoms. The van der Waals surface area contributed by atoms with E-state index in [1.54, 1.807) is 12.4 Å². The molecule has 0 radical (unpaired) electrons. The Bertz CT molecular complexity index is 693. The molecule has 1 amide bonds. The van der Waals surface area contributed by atoms with E-state index in [2.05, 4.69) is 24.9 Å².